The third-order valence-electron chi connectivity index (χ3n) is 2.21. The molecule has 0 saturated carbocycles. The predicted molar refractivity (Wildman–Crippen MR) is 60.1 cm³/mol. The highest BCUT2D eigenvalue weighted by Gasteiger charge is 2.15. The normalized spacial score (nSPS) is 10.2. The average Bonchev–Trinajstić information content (AvgIpc) is 2.30. The molecule has 0 fully saturated rings. The first-order chi connectivity index (χ1) is 8.49. The molecule has 1 heterocycles. The quantitative estimate of drug-likeness (QED) is 0.706. The summed E-state index contributed by atoms with van der Waals surface area (Å²) in [6.07, 6.45) is 0. The van der Waals surface area contributed by atoms with Gasteiger partial charge in [0.05, 0.1) is 5.69 Å². The molecule has 1 aromatic carbocycles. The molecule has 2 rings (SSSR count). The number of carboxylic acids is 1. The van der Waals surface area contributed by atoms with Crippen molar-refractivity contribution in [2.45, 2.75) is 0 Å². The molecule has 18 heavy (non-hydrogen) atoms. The first-order valence-corrected chi connectivity index (χ1v) is 4.85. The highest BCUT2D eigenvalue weighted by atomic mass is 16.4. The van der Waals surface area contributed by atoms with Gasteiger partial charge in [-0.2, -0.15) is 9.78 Å². The number of aromatic nitrogens is 2. The number of carboxylic acid groups (broad SMARTS) is 1. The minimum atomic E-state index is -1.44. The molecule has 7 nitrogen and oxygen atoms in total. The van der Waals surface area contributed by atoms with Crippen LogP contribution in [0.5, 0.6) is 11.5 Å². The minimum Gasteiger partial charge on any atom is -0.508 e. The largest absolute Gasteiger partial charge is 0.508 e. The van der Waals surface area contributed by atoms with Gasteiger partial charge in [-0.3, -0.25) is 4.79 Å². The first kappa shape index (κ1) is 11.6. The van der Waals surface area contributed by atoms with Crippen molar-refractivity contribution in [3.05, 3.63) is 46.4 Å². The third-order valence-corrected chi connectivity index (χ3v) is 2.21. The zero-order chi connectivity index (χ0) is 13.3. The second-order valence-electron chi connectivity index (χ2n) is 3.45. The molecule has 0 unspecified atom stereocenters. The highest BCUT2D eigenvalue weighted by molar-refractivity contribution is 5.88. The Morgan fingerprint density at radius 2 is 1.78 bits per heavy atom. The molecule has 0 atom stereocenters. The Hall–Kier alpha value is -2.83. The topological polar surface area (TPSA) is 113 Å². The summed E-state index contributed by atoms with van der Waals surface area (Å²) in [5, 5.41) is 30.7. The van der Waals surface area contributed by atoms with Gasteiger partial charge in [0.15, 0.2) is 5.75 Å². The number of phenolic OH excluding ortho intramolecular Hbond substituents is 1. The van der Waals surface area contributed by atoms with E-state index in [9.17, 15) is 14.7 Å². The van der Waals surface area contributed by atoms with Crippen LogP contribution in [0.15, 0.2) is 35.1 Å². The number of phenols is 1. The standard InChI is InChI=1S/C11H8N2O5/c14-7-3-1-6(2-4-7)13-9(16)5-8(15)10(12-13)11(17)18/h1-5,14-15H,(H,17,18). The van der Waals surface area contributed by atoms with Crippen molar-refractivity contribution in [3.63, 3.8) is 0 Å². The Labute approximate surface area is 100 Å². The molecule has 2 aromatic rings. The summed E-state index contributed by atoms with van der Waals surface area (Å²) in [6, 6.07) is 6.22. The zero-order valence-electron chi connectivity index (χ0n) is 8.94. The van der Waals surface area contributed by atoms with E-state index in [4.69, 9.17) is 10.2 Å². The summed E-state index contributed by atoms with van der Waals surface area (Å²) in [4.78, 5) is 22.4. The van der Waals surface area contributed by atoms with Crippen molar-refractivity contribution in [2.75, 3.05) is 0 Å². The maximum absolute atomic E-state index is 11.6. The molecule has 0 aliphatic heterocycles. The number of hydrogen-bond donors (Lipinski definition) is 3. The molecule has 0 amide bonds. The van der Waals surface area contributed by atoms with Gasteiger partial charge >= 0.3 is 5.97 Å². The van der Waals surface area contributed by atoms with Crippen LogP contribution in [0.25, 0.3) is 5.69 Å². The van der Waals surface area contributed by atoms with E-state index in [-0.39, 0.29) is 11.4 Å². The second kappa shape index (κ2) is 4.21. The molecule has 0 bridgehead atoms. The Morgan fingerprint density at radius 1 is 1.17 bits per heavy atom. The van der Waals surface area contributed by atoms with Crippen LogP contribution in [0.3, 0.4) is 0 Å². The molecule has 92 valence electrons. The van der Waals surface area contributed by atoms with E-state index in [1.165, 1.54) is 24.3 Å². The lowest BCUT2D eigenvalue weighted by Gasteiger charge is -2.06. The fraction of sp³-hybridized carbons (Fsp3) is 0. The van der Waals surface area contributed by atoms with E-state index in [2.05, 4.69) is 5.10 Å². The van der Waals surface area contributed by atoms with Crippen molar-refractivity contribution in [1.29, 1.82) is 0 Å². The van der Waals surface area contributed by atoms with Crippen molar-refractivity contribution in [3.8, 4) is 17.2 Å². The van der Waals surface area contributed by atoms with Crippen molar-refractivity contribution >= 4 is 5.97 Å². The molecule has 0 saturated heterocycles. The fourth-order valence-electron chi connectivity index (χ4n) is 1.38. The van der Waals surface area contributed by atoms with Gasteiger partial charge in [0.2, 0.25) is 5.69 Å². The Kier molecular flexibility index (Phi) is 2.72. The average molecular weight is 248 g/mol. The third kappa shape index (κ3) is 2.01. The summed E-state index contributed by atoms with van der Waals surface area (Å²) in [7, 11) is 0. The van der Waals surface area contributed by atoms with E-state index in [0.29, 0.717) is 0 Å². The molecule has 0 spiro atoms. The second-order valence-corrected chi connectivity index (χ2v) is 3.45. The van der Waals surface area contributed by atoms with Crippen LogP contribution < -0.4 is 5.56 Å². The summed E-state index contributed by atoms with van der Waals surface area (Å²) in [5.74, 6) is -2.13. The SMILES string of the molecule is O=C(O)c1nn(-c2ccc(O)cc2)c(=O)cc1O. The number of aromatic hydroxyl groups is 2. The number of rotatable bonds is 2. The molecule has 1 aromatic heterocycles. The molecule has 3 N–H and O–H groups in total. The van der Waals surface area contributed by atoms with Crippen LogP contribution in [0.4, 0.5) is 0 Å². The van der Waals surface area contributed by atoms with Crippen molar-refractivity contribution in [1.82, 2.24) is 9.78 Å². The molecular weight excluding hydrogens is 240 g/mol. The van der Waals surface area contributed by atoms with Gasteiger partial charge in [0.1, 0.15) is 5.75 Å². The van der Waals surface area contributed by atoms with Crippen LogP contribution in [-0.4, -0.2) is 31.1 Å². The zero-order valence-corrected chi connectivity index (χ0v) is 8.94. The summed E-state index contributed by atoms with van der Waals surface area (Å²) in [6.45, 7) is 0. The number of carbonyl (C=O) groups is 1. The van der Waals surface area contributed by atoms with Gasteiger partial charge < -0.3 is 15.3 Å². The monoisotopic (exact) mass is 248 g/mol. The maximum Gasteiger partial charge on any atom is 0.360 e. The lowest BCUT2D eigenvalue weighted by atomic mass is 10.3. The van der Waals surface area contributed by atoms with Crippen LogP contribution in [0.2, 0.25) is 0 Å². The molecular formula is C11H8N2O5. The molecule has 0 aliphatic rings. The lowest BCUT2D eigenvalue weighted by Crippen LogP contribution is -2.22. The van der Waals surface area contributed by atoms with Gasteiger partial charge in [-0.15, -0.1) is 0 Å². The van der Waals surface area contributed by atoms with Gasteiger partial charge in [0.25, 0.3) is 5.56 Å². The Morgan fingerprint density at radius 3 is 2.33 bits per heavy atom. The molecule has 0 radical (unpaired) electrons. The number of aromatic carboxylic acids is 1. The first-order valence-electron chi connectivity index (χ1n) is 4.85. The minimum absolute atomic E-state index is 0.00374. The number of hydrogen-bond acceptors (Lipinski definition) is 5. The fourth-order valence-corrected chi connectivity index (χ4v) is 1.38. The van der Waals surface area contributed by atoms with Gasteiger partial charge in [0, 0.05) is 6.07 Å². The van der Waals surface area contributed by atoms with E-state index < -0.39 is 23.0 Å². The van der Waals surface area contributed by atoms with Crippen LogP contribution in [-0.2, 0) is 0 Å². The van der Waals surface area contributed by atoms with E-state index in [0.717, 1.165) is 10.7 Å². The van der Waals surface area contributed by atoms with E-state index >= 15 is 0 Å². The Bertz CT molecular complexity index is 660. The van der Waals surface area contributed by atoms with Crippen LogP contribution in [0, 0.1) is 0 Å². The van der Waals surface area contributed by atoms with E-state index in [1.807, 2.05) is 0 Å². The highest BCUT2D eigenvalue weighted by Crippen LogP contribution is 2.14. The van der Waals surface area contributed by atoms with Crippen LogP contribution >= 0.6 is 0 Å². The number of nitrogens with zero attached hydrogens (tertiary/aromatic N) is 2. The lowest BCUT2D eigenvalue weighted by molar-refractivity contribution is 0.0684. The summed E-state index contributed by atoms with van der Waals surface area (Å²) < 4.78 is 0.822. The smallest absolute Gasteiger partial charge is 0.360 e. The molecule has 0 aliphatic carbocycles. The van der Waals surface area contributed by atoms with Gasteiger partial charge in [-0.05, 0) is 24.3 Å². The molecule has 7 heteroatoms. The number of benzene rings is 1. The van der Waals surface area contributed by atoms with E-state index in [1.54, 1.807) is 0 Å². The van der Waals surface area contributed by atoms with Crippen molar-refractivity contribution in [2.24, 2.45) is 0 Å². The summed E-state index contributed by atoms with van der Waals surface area (Å²) >= 11 is 0. The maximum atomic E-state index is 11.6. The van der Waals surface area contributed by atoms with Crippen molar-refractivity contribution < 1.29 is 20.1 Å². The van der Waals surface area contributed by atoms with Crippen LogP contribution in [0.1, 0.15) is 10.5 Å². The predicted octanol–water partition coefficient (Wildman–Crippen LogP) is 0.342. The van der Waals surface area contributed by atoms with Gasteiger partial charge in [-0.25, -0.2) is 4.79 Å². The van der Waals surface area contributed by atoms with Gasteiger partial charge in [-0.1, -0.05) is 0 Å². The summed E-state index contributed by atoms with van der Waals surface area (Å²) in [5.41, 5.74) is -1.02. The Balaban J connectivity index is 2.64.